The first-order valence-corrected chi connectivity index (χ1v) is 4.62. The highest BCUT2D eigenvalue weighted by atomic mass is 35.5. The molecular formula is C8H12Cl2N4. The summed E-state index contributed by atoms with van der Waals surface area (Å²) in [7, 11) is 0. The molecule has 0 amide bonds. The lowest BCUT2D eigenvalue weighted by molar-refractivity contribution is 0.751. The second-order valence-corrected chi connectivity index (χ2v) is 3.52. The van der Waals surface area contributed by atoms with E-state index in [4.69, 9.17) is 17.3 Å². The molecule has 1 saturated heterocycles. The molecule has 6 heteroatoms. The van der Waals surface area contributed by atoms with E-state index in [1.54, 1.807) is 6.20 Å². The van der Waals surface area contributed by atoms with Gasteiger partial charge in [0.2, 0.25) is 5.28 Å². The summed E-state index contributed by atoms with van der Waals surface area (Å²) < 4.78 is 0. The van der Waals surface area contributed by atoms with Gasteiger partial charge in [0.05, 0.1) is 0 Å². The van der Waals surface area contributed by atoms with Gasteiger partial charge < -0.3 is 10.6 Å². The molecular weight excluding hydrogens is 223 g/mol. The quantitative estimate of drug-likeness (QED) is 0.740. The Hall–Kier alpha value is -0.580. The summed E-state index contributed by atoms with van der Waals surface area (Å²) in [5.41, 5.74) is 5.78. The van der Waals surface area contributed by atoms with Crippen LogP contribution in [0.5, 0.6) is 0 Å². The van der Waals surface area contributed by atoms with Crippen LogP contribution < -0.4 is 10.6 Å². The van der Waals surface area contributed by atoms with Crippen molar-refractivity contribution in [3.63, 3.8) is 0 Å². The van der Waals surface area contributed by atoms with Crippen LogP contribution in [0, 0.1) is 0 Å². The van der Waals surface area contributed by atoms with Crippen LogP contribution >= 0.6 is 24.0 Å². The number of hydrogen-bond donors (Lipinski definition) is 1. The topological polar surface area (TPSA) is 55.0 Å². The Morgan fingerprint density at radius 2 is 2.36 bits per heavy atom. The second kappa shape index (κ2) is 4.77. The van der Waals surface area contributed by atoms with Gasteiger partial charge in [-0.3, -0.25) is 0 Å². The van der Waals surface area contributed by atoms with Gasteiger partial charge in [0.15, 0.2) is 0 Å². The zero-order chi connectivity index (χ0) is 9.26. The molecule has 0 aliphatic carbocycles. The first kappa shape index (κ1) is 11.5. The molecule has 4 nitrogen and oxygen atoms in total. The van der Waals surface area contributed by atoms with Crippen LogP contribution in [-0.4, -0.2) is 29.1 Å². The Balaban J connectivity index is 0.000000980. The third-order valence-electron chi connectivity index (χ3n) is 2.16. The highest BCUT2D eigenvalue weighted by molar-refractivity contribution is 6.28. The largest absolute Gasteiger partial charge is 0.355 e. The third kappa shape index (κ3) is 2.47. The molecule has 1 aromatic heterocycles. The summed E-state index contributed by atoms with van der Waals surface area (Å²) in [6, 6.07) is 2.11. The molecule has 0 bridgehead atoms. The van der Waals surface area contributed by atoms with Gasteiger partial charge in [-0.1, -0.05) is 0 Å². The maximum Gasteiger partial charge on any atom is 0.224 e. The van der Waals surface area contributed by atoms with E-state index in [1.807, 2.05) is 6.07 Å². The molecule has 1 fully saturated rings. The number of aromatic nitrogens is 2. The van der Waals surface area contributed by atoms with E-state index in [9.17, 15) is 0 Å². The van der Waals surface area contributed by atoms with Crippen molar-refractivity contribution in [3.8, 4) is 0 Å². The number of nitrogens with two attached hydrogens (primary N) is 1. The zero-order valence-electron chi connectivity index (χ0n) is 7.56. The number of anilines is 1. The Labute approximate surface area is 93.9 Å². The lowest BCUT2D eigenvalue weighted by Gasteiger charge is -2.15. The van der Waals surface area contributed by atoms with Crippen LogP contribution in [0.25, 0.3) is 0 Å². The van der Waals surface area contributed by atoms with E-state index in [0.29, 0.717) is 0 Å². The molecule has 1 aromatic rings. The van der Waals surface area contributed by atoms with Crippen LogP contribution in [0.3, 0.4) is 0 Å². The first-order chi connectivity index (χ1) is 6.25. The van der Waals surface area contributed by atoms with Crippen molar-refractivity contribution in [3.05, 3.63) is 17.5 Å². The van der Waals surface area contributed by atoms with Crippen molar-refractivity contribution in [2.75, 3.05) is 18.0 Å². The zero-order valence-corrected chi connectivity index (χ0v) is 9.13. The van der Waals surface area contributed by atoms with Crippen molar-refractivity contribution < 1.29 is 0 Å². The van der Waals surface area contributed by atoms with Gasteiger partial charge in [-0.15, -0.1) is 12.4 Å². The van der Waals surface area contributed by atoms with Crippen molar-refractivity contribution in [2.45, 2.75) is 12.5 Å². The molecule has 1 unspecified atom stereocenters. The van der Waals surface area contributed by atoms with E-state index >= 15 is 0 Å². The van der Waals surface area contributed by atoms with Gasteiger partial charge in [0.1, 0.15) is 5.82 Å². The summed E-state index contributed by atoms with van der Waals surface area (Å²) in [6.45, 7) is 1.81. The number of rotatable bonds is 1. The minimum atomic E-state index is 0. The Morgan fingerprint density at radius 1 is 1.57 bits per heavy atom. The van der Waals surface area contributed by atoms with Gasteiger partial charge in [0.25, 0.3) is 0 Å². The van der Waals surface area contributed by atoms with Gasteiger partial charge in [-0.05, 0) is 24.1 Å². The SMILES string of the molecule is Cl.NC1CCN(c2ccnc(Cl)n2)C1. The second-order valence-electron chi connectivity index (χ2n) is 3.18. The molecule has 0 aromatic carbocycles. The lowest BCUT2D eigenvalue weighted by atomic mass is 10.3. The van der Waals surface area contributed by atoms with Crippen molar-refractivity contribution >= 4 is 29.8 Å². The highest BCUT2D eigenvalue weighted by Gasteiger charge is 2.20. The molecule has 0 spiro atoms. The average Bonchev–Trinajstić information content (AvgIpc) is 2.52. The van der Waals surface area contributed by atoms with Crippen molar-refractivity contribution in [2.24, 2.45) is 5.73 Å². The minimum absolute atomic E-state index is 0. The summed E-state index contributed by atoms with van der Waals surface area (Å²) in [5, 5.41) is 0.290. The number of halogens is 2. The van der Waals surface area contributed by atoms with Crippen molar-refractivity contribution in [1.29, 1.82) is 0 Å². The molecule has 2 heterocycles. The van der Waals surface area contributed by atoms with Gasteiger partial charge in [-0.2, -0.15) is 0 Å². The van der Waals surface area contributed by atoms with Crippen LogP contribution in [0.4, 0.5) is 5.82 Å². The molecule has 2 N–H and O–H groups in total. The van der Waals surface area contributed by atoms with Gasteiger partial charge in [0, 0.05) is 25.3 Å². The van der Waals surface area contributed by atoms with Gasteiger partial charge >= 0.3 is 0 Å². The lowest BCUT2D eigenvalue weighted by Crippen LogP contribution is -2.26. The van der Waals surface area contributed by atoms with Crippen molar-refractivity contribution in [1.82, 2.24) is 9.97 Å². The van der Waals surface area contributed by atoms with Gasteiger partial charge in [-0.25, -0.2) is 9.97 Å². The average molecular weight is 235 g/mol. The van der Waals surface area contributed by atoms with Crippen LogP contribution in [0.2, 0.25) is 5.28 Å². The number of hydrogen-bond acceptors (Lipinski definition) is 4. The third-order valence-corrected chi connectivity index (χ3v) is 2.34. The Bertz CT molecular complexity index is 307. The predicted octanol–water partition coefficient (Wildman–Crippen LogP) is 1.09. The molecule has 0 saturated carbocycles. The van der Waals surface area contributed by atoms with Crippen LogP contribution in [0.1, 0.15) is 6.42 Å². The molecule has 1 aliphatic rings. The predicted molar refractivity (Wildman–Crippen MR) is 59.1 cm³/mol. The van der Waals surface area contributed by atoms with E-state index in [2.05, 4.69) is 14.9 Å². The van der Waals surface area contributed by atoms with Crippen LogP contribution in [0.15, 0.2) is 12.3 Å². The fourth-order valence-electron chi connectivity index (χ4n) is 1.50. The Kier molecular flexibility index (Phi) is 3.92. The summed E-state index contributed by atoms with van der Waals surface area (Å²) in [5.74, 6) is 0.868. The smallest absolute Gasteiger partial charge is 0.224 e. The van der Waals surface area contributed by atoms with E-state index in [0.717, 1.165) is 25.3 Å². The standard InChI is InChI=1S/C8H11ClN4.ClH/c9-8-11-3-1-7(12-8)13-4-2-6(10)5-13;/h1,3,6H,2,4-5,10H2;1H. The summed E-state index contributed by atoms with van der Waals surface area (Å²) >= 11 is 5.68. The normalized spacial score (nSPS) is 20.7. The molecule has 14 heavy (non-hydrogen) atoms. The summed E-state index contributed by atoms with van der Waals surface area (Å²) in [6.07, 6.45) is 2.68. The van der Waals surface area contributed by atoms with E-state index in [1.165, 1.54) is 0 Å². The van der Waals surface area contributed by atoms with E-state index in [-0.39, 0.29) is 23.7 Å². The maximum absolute atomic E-state index is 5.78. The highest BCUT2D eigenvalue weighted by Crippen LogP contribution is 2.17. The molecule has 1 atom stereocenters. The fourth-order valence-corrected chi connectivity index (χ4v) is 1.64. The molecule has 0 radical (unpaired) electrons. The Morgan fingerprint density at radius 3 is 2.93 bits per heavy atom. The molecule has 1 aliphatic heterocycles. The minimum Gasteiger partial charge on any atom is -0.355 e. The van der Waals surface area contributed by atoms with Crippen LogP contribution in [-0.2, 0) is 0 Å². The molecule has 2 rings (SSSR count). The van der Waals surface area contributed by atoms with E-state index < -0.39 is 0 Å². The first-order valence-electron chi connectivity index (χ1n) is 4.25. The summed E-state index contributed by atoms with van der Waals surface area (Å²) in [4.78, 5) is 10.1. The molecule has 78 valence electrons. The maximum atomic E-state index is 5.78. The fraction of sp³-hybridized carbons (Fsp3) is 0.500. The monoisotopic (exact) mass is 234 g/mol. The number of nitrogens with zero attached hydrogens (tertiary/aromatic N) is 3.